The third-order valence-electron chi connectivity index (χ3n) is 3.28. The first kappa shape index (κ1) is 13.6. The summed E-state index contributed by atoms with van der Waals surface area (Å²) in [5.74, 6) is 0.863. The predicted molar refractivity (Wildman–Crippen MR) is 79.5 cm³/mol. The summed E-state index contributed by atoms with van der Waals surface area (Å²) in [6, 6.07) is 14.6. The largest absolute Gasteiger partial charge is 0.497 e. The molecule has 0 bridgehead atoms. The van der Waals surface area contributed by atoms with Crippen LogP contribution in [0.15, 0.2) is 42.5 Å². The lowest BCUT2D eigenvalue weighted by atomic mass is 9.97. The van der Waals surface area contributed by atoms with Crippen molar-refractivity contribution in [2.45, 2.75) is 26.3 Å². The predicted octanol–water partition coefficient (Wildman–Crippen LogP) is 3.55. The summed E-state index contributed by atoms with van der Waals surface area (Å²) in [6.07, 6.45) is 0.856. The standard InChI is InChI=1S/C17H21NO/c1-12-8-13(2)10-14(9-12)11-17(18)15-4-6-16(19-3)7-5-15/h4-10,17H,11,18H2,1-3H3. The normalized spacial score (nSPS) is 12.2. The van der Waals surface area contributed by atoms with Crippen LogP contribution >= 0.6 is 0 Å². The number of rotatable bonds is 4. The van der Waals surface area contributed by atoms with Crippen molar-refractivity contribution in [1.82, 2.24) is 0 Å². The molecule has 0 aliphatic carbocycles. The molecule has 2 aromatic carbocycles. The number of hydrogen-bond donors (Lipinski definition) is 1. The van der Waals surface area contributed by atoms with E-state index in [-0.39, 0.29) is 6.04 Å². The molecule has 19 heavy (non-hydrogen) atoms. The molecule has 0 fully saturated rings. The first-order valence-corrected chi connectivity index (χ1v) is 6.55. The summed E-state index contributed by atoms with van der Waals surface area (Å²) in [6.45, 7) is 4.24. The summed E-state index contributed by atoms with van der Waals surface area (Å²) < 4.78 is 5.16. The van der Waals surface area contributed by atoms with E-state index in [1.165, 1.54) is 16.7 Å². The van der Waals surface area contributed by atoms with E-state index in [2.05, 4.69) is 32.0 Å². The van der Waals surface area contributed by atoms with Crippen LogP contribution in [-0.4, -0.2) is 7.11 Å². The Morgan fingerprint density at radius 3 is 2.11 bits per heavy atom. The molecular formula is C17H21NO. The maximum absolute atomic E-state index is 6.28. The zero-order valence-corrected chi connectivity index (χ0v) is 11.8. The number of methoxy groups -OCH3 is 1. The molecule has 0 aliphatic rings. The van der Waals surface area contributed by atoms with Gasteiger partial charge in [0.2, 0.25) is 0 Å². The summed E-state index contributed by atoms with van der Waals surface area (Å²) >= 11 is 0. The molecule has 2 heteroatoms. The minimum atomic E-state index is 0.0205. The Hall–Kier alpha value is -1.80. The van der Waals surface area contributed by atoms with Crippen molar-refractivity contribution in [3.05, 3.63) is 64.7 Å². The van der Waals surface area contributed by atoms with Crippen LogP contribution in [0.5, 0.6) is 5.75 Å². The zero-order valence-electron chi connectivity index (χ0n) is 11.8. The van der Waals surface area contributed by atoms with Crippen LogP contribution in [0.3, 0.4) is 0 Å². The molecular weight excluding hydrogens is 234 g/mol. The number of benzene rings is 2. The van der Waals surface area contributed by atoms with Crippen LogP contribution in [0.25, 0.3) is 0 Å². The summed E-state index contributed by atoms with van der Waals surface area (Å²) in [7, 11) is 1.67. The lowest BCUT2D eigenvalue weighted by molar-refractivity contribution is 0.414. The van der Waals surface area contributed by atoms with Crippen molar-refractivity contribution in [3.63, 3.8) is 0 Å². The van der Waals surface area contributed by atoms with Crippen LogP contribution in [0.2, 0.25) is 0 Å². The summed E-state index contributed by atoms with van der Waals surface area (Å²) in [5.41, 5.74) is 11.3. The molecule has 0 spiro atoms. The fraction of sp³-hybridized carbons (Fsp3) is 0.294. The highest BCUT2D eigenvalue weighted by Crippen LogP contribution is 2.20. The van der Waals surface area contributed by atoms with Gasteiger partial charge in [0.15, 0.2) is 0 Å². The minimum Gasteiger partial charge on any atom is -0.497 e. The van der Waals surface area contributed by atoms with Crippen molar-refractivity contribution >= 4 is 0 Å². The average molecular weight is 255 g/mol. The number of ether oxygens (including phenoxy) is 1. The van der Waals surface area contributed by atoms with Gasteiger partial charge in [0.25, 0.3) is 0 Å². The second-order valence-electron chi connectivity index (χ2n) is 5.08. The maximum atomic E-state index is 6.28. The van der Waals surface area contributed by atoms with E-state index in [0.717, 1.165) is 17.7 Å². The Kier molecular flexibility index (Phi) is 4.23. The molecule has 0 radical (unpaired) electrons. The van der Waals surface area contributed by atoms with Crippen molar-refractivity contribution < 1.29 is 4.74 Å². The molecule has 0 aliphatic heterocycles. The van der Waals surface area contributed by atoms with Crippen LogP contribution in [0.4, 0.5) is 0 Å². The zero-order chi connectivity index (χ0) is 13.8. The molecule has 2 rings (SSSR count). The lowest BCUT2D eigenvalue weighted by Crippen LogP contribution is -2.13. The average Bonchev–Trinajstić information content (AvgIpc) is 2.37. The SMILES string of the molecule is COc1ccc(C(N)Cc2cc(C)cc(C)c2)cc1. The van der Waals surface area contributed by atoms with Gasteiger partial charge in [0.1, 0.15) is 5.75 Å². The van der Waals surface area contributed by atoms with Crippen molar-refractivity contribution in [2.75, 3.05) is 7.11 Å². The van der Waals surface area contributed by atoms with Gasteiger partial charge in [-0.1, -0.05) is 41.5 Å². The molecule has 0 saturated carbocycles. The highest BCUT2D eigenvalue weighted by Gasteiger charge is 2.08. The van der Waals surface area contributed by atoms with E-state index in [0.29, 0.717) is 0 Å². The van der Waals surface area contributed by atoms with Crippen LogP contribution < -0.4 is 10.5 Å². The van der Waals surface area contributed by atoms with E-state index in [1.54, 1.807) is 7.11 Å². The maximum Gasteiger partial charge on any atom is 0.118 e. The van der Waals surface area contributed by atoms with Crippen LogP contribution in [-0.2, 0) is 6.42 Å². The van der Waals surface area contributed by atoms with E-state index in [1.807, 2.05) is 24.3 Å². The van der Waals surface area contributed by atoms with Gasteiger partial charge in [-0.15, -0.1) is 0 Å². The molecule has 2 aromatic rings. The third kappa shape index (κ3) is 3.58. The molecule has 100 valence electrons. The van der Waals surface area contributed by atoms with E-state index >= 15 is 0 Å². The number of nitrogens with two attached hydrogens (primary N) is 1. The monoisotopic (exact) mass is 255 g/mol. The Morgan fingerprint density at radius 2 is 1.58 bits per heavy atom. The first-order chi connectivity index (χ1) is 9.08. The van der Waals surface area contributed by atoms with E-state index < -0.39 is 0 Å². The van der Waals surface area contributed by atoms with Gasteiger partial charge in [-0.05, 0) is 43.5 Å². The first-order valence-electron chi connectivity index (χ1n) is 6.55. The fourth-order valence-corrected chi connectivity index (χ4v) is 2.41. The van der Waals surface area contributed by atoms with Gasteiger partial charge < -0.3 is 10.5 Å². The molecule has 1 unspecified atom stereocenters. The van der Waals surface area contributed by atoms with Gasteiger partial charge >= 0.3 is 0 Å². The summed E-state index contributed by atoms with van der Waals surface area (Å²) in [4.78, 5) is 0. The van der Waals surface area contributed by atoms with E-state index in [4.69, 9.17) is 10.5 Å². The quantitative estimate of drug-likeness (QED) is 0.906. The minimum absolute atomic E-state index is 0.0205. The second kappa shape index (κ2) is 5.89. The Labute approximate surface area is 115 Å². The molecule has 1 atom stereocenters. The van der Waals surface area contributed by atoms with Gasteiger partial charge in [-0.25, -0.2) is 0 Å². The van der Waals surface area contributed by atoms with Crippen molar-refractivity contribution in [2.24, 2.45) is 5.73 Å². The van der Waals surface area contributed by atoms with E-state index in [9.17, 15) is 0 Å². The fourth-order valence-electron chi connectivity index (χ4n) is 2.41. The van der Waals surface area contributed by atoms with Gasteiger partial charge in [-0.2, -0.15) is 0 Å². The van der Waals surface area contributed by atoms with Crippen LogP contribution in [0.1, 0.15) is 28.3 Å². The highest BCUT2D eigenvalue weighted by atomic mass is 16.5. The highest BCUT2D eigenvalue weighted by molar-refractivity contribution is 5.32. The number of aryl methyl sites for hydroxylation is 2. The Bertz CT molecular complexity index is 525. The number of hydrogen-bond acceptors (Lipinski definition) is 2. The third-order valence-corrected chi connectivity index (χ3v) is 3.28. The Balaban J connectivity index is 2.13. The Morgan fingerprint density at radius 1 is 1.00 bits per heavy atom. The second-order valence-corrected chi connectivity index (χ2v) is 5.08. The van der Waals surface area contributed by atoms with Crippen molar-refractivity contribution in [1.29, 1.82) is 0 Å². The lowest BCUT2D eigenvalue weighted by Gasteiger charge is -2.14. The topological polar surface area (TPSA) is 35.2 Å². The molecule has 0 heterocycles. The molecule has 0 aromatic heterocycles. The summed E-state index contributed by atoms with van der Waals surface area (Å²) in [5, 5.41) is 0. The van der Waals surface area contributed by atoms with Crippen molar-refractivity contribution in [3.8, 4) is 5.75 Å². The van der Waals surface area contributed by atoms with Crippen LogP contribution in [0, 0.1) is 13.8 Å². The van der Waals surface area contributed by atoms with Gasteiger partial charge in [-0.3, -0.25) is 0 Å². The molecule has 2 N–H and O–H groups in total. The smallest absolute Gasteiger partial charge is 0.118 e. The van der Waals surface area contributed by atoms with Gasteiger partial charge in [0.05, 0.1) is 7.11 Å². The van der Waals surface area contributed by atoms with Gasteiger partial charge in [0, 0.05) is 6.04 Å². The molecule has 0 amide bonds. The molecule has 0 saturated heterocycles. The molecule has 2 nitrogen and oxygen atoms in total.